The molecule has 1 saturated carbocycles. The van der Waals surface area contributed by atoms with Crippen molar-refractivity contribution >= 4 is 29.3 Å². The van der Waals surface area contributed by atoms with E-state index in [4.69, 9.17) is 21.6 Å². The molecular weight excluding hydrogens is 448 g/mol. The molecule has 0 atom stereocenters. The smallest absolute Gasteiger partial charge is 0.233 e. The molecular formula is C26H35ClN6O. The van der Waals surface area contributed by atoms with Gasteiger partial charge in [0.25, 0.3) is 0 Å². The molecule has 3 aliphatic rings. The monoisotopic (exact) mass is 482 g/mol. The summed E-state index contributed by atoms with van der Waals surface area (Å²) in [7, 11) is 2.16. The van der Waals surface area contributed by atoms with Gasteiger partial charge in [0.05, 0.1) is 5.41 Å². The molecule has 7 nitrogen and oxygen atoms in total. The second-order valence-corrected chi connectivity index (χ2v) is 10.5. The Bertz CT molecular complexity index is 1010. The van der Waals surface area contributed by atoms with E-state index in [2.05, 4.69) is 32.7 Å². The van der Waals surface area contributed by atoms with E-state index in [1.165, 1.54) is 0 Å². The summed E-state index contributed by atoms with van der Waals surface area (Å²) in [5.74, 6) is 2.08. The van der Waals surface area contributed by atoms with Crippen molar-refractivity contribution in [2.75, 3.05) is 69.2 Å². The fourth-order valence-electron chi connectivity index (χ4n) is 5.66. The number of amides is 1. The fraction of sp³-hybridized carbons (Fsp3) is 0.577. The first kappa shape index (κ1) is 23.4. The highest BCUT2D eigenvalue weighted by Crippen LogP contribution is 2.43. The number of aryl methyl sites for hydroxylation is 1. The lowest BCUT2D eigenvalue weighted by molar-refractivity contribution is -0.137. The van der Waals surface area contributed by atoms with Crippen LogP contribution in [0.25, 0.3) is 0 Å². The average Bonchev–Trinajstić information content (AvgIpc) is 3.35. The normalized spacial score (nSPS) is 21.2. The zero-order valence-electron chi connectivity index (χ0n) is 20.3. The van der Waals surface area contributed by atoms with E-state index in [1.807, 2.05) is 31.2 Å². The van der Waals surface area contributed by atoms with Crippen LogP contribution in [0.2, 0.25) is 5.02 Å². The number of rotatable bonds is 4. The molecule has 2 aromatic rings. The molecule has 182 valence electrons. The molecule has 1 aliphatic carbocycles. The summed E-state index contributed by atoms with van der Waals surface area (Å²) < 4.78 is 0. The highest BCUT2D eigenvalue weighted by Gasteiger charge is 2.45. The lowest BCUT2D eigenvalue weighted by atomic mass is 9.77. The van der Waals surface area contributed by atoms with Crippen LogP contribution < -0.4 is 9.80 Å². The first-order valence-corrected chi connectivity index (χ1v) is 12.9. The number of aromatic nitrogens is 2. The number of halogens is 1. The summed E-state index contributed by atoms with van der Waals surface area (Å²) in [5, 5.41) is 0.715. The van der Waals surface area contributed by atoms with Crippen LogP contribution in [-0.2, 0) is 10.2 Å². The topological polar surface area (TPSA) is 55.8 Å². The molecule has 0 N–H and O–H groups in total. The van der Waals surface area contributed by atoms with Gasteiger partial charge in [0.2, 0.25) is 11.9 Å². The maximum Gasteiger partial charge on any atom is 0.233 e. The Hall–Kier alpha value is -2.38. The van der Waals surface area contributed by atoms with Crippen LogP contribution in [0.1, 0.15) is 36.9 Å². The Morgan fingerprint density at radius 3 is 2.15 bits per heavy atom. The van der Waals surface area contributed by atoms with Crippen molar-refractivity contribution in [2.45, 2.75) is 38.0 Å². The summed E-state index contributed by atoms with van der Waals surface area (Å²) in [4.78, 5) is 32.5. The maximum absolute atomic E-state index is 13.8. The molecule has 1 amide bonds. The van der Waals surface area contributed by atoms with E-state index >= 15 is 0 Å². The zero-order valence-corrected chi connectivity index (χ0v) is 21.1. The van der Waals surface area contributed by atoms with Gasteiger partial charge in [-0.05, 0) is 44.5 Å². The van der Waals surface area contributed by atoms with E-state index in [-0.39, 0.29) is 5.91 Å². The molecule has 3 fully saturated rings. The van der Waals surface area contributed by atoms with Crippen LogP contribution in [0.3, 0.4) is 0 Å². The molecule has 2 aliphatic heterocycles. The Kier molecular flexibility index (Phi) is 6.67. The number of anilines is 2. The highest BCUT2D eigenvalue weighted by molar-refractivity contribution is 6.30. The van der Waals surface area contributed by atoms with Crippen molar-refractivity contribution < 1.29 is 4.79 Å². The van der Waals surface area contributed by atoms with E-state index in [0.717, 1.165) is 88.0 Å². The highest BCUT2D eigenvalue weighted by atomic mass is 35.5. The fourth-order valence-corrected chi connectivity index (χ4v) is 5.79. The van der Waals surface area contributed by atoms with Gasteiger partial charge in [-0.15, -0.1) is 0 Å². The predicted octanol–water partition coefficient (Wildman–Crippen LogP) is 3.35. The van der Waals surface area contributed by atoms with Crippen molar-refractivity contribution in [1.82, 2.24) is 19.8 Å². The number of hydrogen-bond donors (Lipinski definition) is 0. The standard InChI is InChI=1S/C26H35ClN6O/c1-20-19-23(31-13-11-30(2)12-14-31)29-25(28-20)33-17-15-32(16-18-33)24(34)26(9-3-4-10-26)21-5-7-22(27)8-6-21/h5-8,19H,3-4,9-18H2,1-2H3. The van der Waals surface area contributed by atoms with Gasteiger partial charge in [-0.25, -0.2) is 4.98 Å². The molecule has 1 aromatic carbocycles. The first-order chi connectivity index (χ1) is 16.4. The Labute approximate surface area is 207 Å². The zero-order chi connectivity index (χ0) is 23.7. The van der Waals surface area contributed by atoms with Gasteiger partial charge < -0.3 is 19.6 Å². The molecule has 0 spiro atoms. The van der Waals surface area contributed by atoms with Crippen LogP contribution in [0.15, 0.2) is 30.3 Å². The predicted molar refractivity (Wildman–Crippen MR) is 137 cm³/mol. The lowest BCUT2D eigenvalue weighted by Crippen LogP contribution is -2.54. The minimum absolute atomic E-state index is 0.273. The average molecular weight is 483 g/mol. The van der Waals surface area contributed by atoms with E-state index in [9.17, 15) is 4.79 Å². The SMILES string of the molecule is Cc1cc(N2CCN(C)CC2)nc(N2CCN(C(=O)C3(c4ccc(Cl)cc4)CCCC3)CC2)n1. The molecule has 1 aromatic heterocycles. The Balaban J connectivity index is 1.28. The summed E-state index contributed by atoms with van der Waals surface area (Å²) in [6.45, 7) is 9.04. The maximum atomic E-state index is 13.8. The lowest BCUT2D eigenvalue weighted by Gasteiger charge is -2.40. The largest absolute Gasteiger partial charge is 0.354 e. The Morgan fingerprint density at radius 1 is 0.882 bits per heavy atom. The second kappa shape index (κ2) is 9.70. The minimum atomic E-state index is -0.402. The van der Waals surface area contributed by atoms with Gasteiger partial charge >= 0.3 is 0 Å². The van der Waals surface area contributed by atoms with Gasteiger partial charge in [-0.1, -0.05) is 36.6 Å². The molecule has 8 heteroatoms. The first-order valence-electron chi connectivity index (χ1n) is 12.5. The molecule has 34 heavy (non-hydrogen) atoms. The number of carbonyl (C=O) groups excluding carboxylic acids is 1. The number of nitrogens with zero attached hydrogens (tertiary/aromatic N) is 6. The third-order valence-electron chi connectivity index (χ3n) is 7.77. The van der Waals surface area contributed by atoms with Crippen molar-refractivity contribution in [3.63, 3.8) is 0 Å². The third-order valence-corrected chi connectivity index (χ3v) is 8.02. The van der Waals surface area contributed by atoms with Crippen LogP contribution in [-0.4, -0.2) is 85.1 Å². The van der Waals surface area contributed by atoms with Crippen LogP contribution >= 0.6 is 11.6 Å². The molecule has 0 bridgehead atoms. The number of likely N-dealkylation sites (N-methyl/N-ethyl adjacent to an activating group) is 1. The molecule has 5 rings (SSSR count). The Morgan fingerprint density at radius 2 is 1.50 bits per heavy atom. The van der Waals surface area contributed by atoms with Gasteiger partial charge in [0.1, 0.15) is 5.82 Å². The van der Waals surface area contributed by atoms with Gasteiger partial charge in [0, 0.05) is 69.1 Å². The molecule has 3 heterocycles. The van der Waals surface area contributed by atoms with Crippen LogP contribution in [0, 0.1) is 6.92 Å². The molecule has 0 radical (unpaired) electrons. The minimum Gasteiger partial charge on any atom is -0.354 e. The van der Waals surface area contributed by atoms with Gasteiger partial charge in [-0.3, -0.25) is 4.79 Å². The van der Waals surface area contributed by atoms with Crippen molar-refractivity contribution in [3.8, 4) is 0 Å². The van der Waals surface area contributed by atoms with Gasteiger partial charge in [0.15, 0.2) is 0 Å². The van der Waals surface area contributed by atoms with Crippen LogP contribution in [0.5, 0.6) is 0 Å². The number of carbonyl (C=O) groups is 1. The number of piperazine rings is 2. The van der Waals surface area contributed by atoms with Crippen molar-refractivity contribution in [3.05, 3.63) is 46.6 Å². The summed E-state index contributed by atoms with van der Waals surface area (Å²) >= 11 is 6.13. The summed E-state index contributed by atoms with van der Waals surface area (Å²) in [6.07, 6.45) is 4.03. The van der Waals surface area contributed by atoms with Gasteiger partial charge in [-0.2, -0.15) is 4.98 Å². The summed E-state index contributed by atoms with van der Waals surface area (Å²) in [5.41, 5.74) is 1.70. The van der Waals surface area contributed by atoms with Crippen molar-refractivity contribution in [2.24, 2.45) is 0 Å². The quantitative estimate of drug-likeness (QED) is 0.666. The van der Waals surface area contributed by atoms with E-state index in [1.54, 1.807) is 0 Å². The molecule has 0 unspecified atom stereocenters. The number of benzene rings is 1. The number of hydrogen-bond acceptors (Lipinski definition) is 6. The van der Waals surface area contributed by atoms with Crippen molar-refractivity contribution in [1.29, 1.82) is 0 Å². The molecule has 2 saturated heterocycles. The third kappa shape index (κ3) is 4.60. The summed E-state index contributed by atoms with van der Waals surface area (Å²) in [6, 6.07) is 10.00. The van der Waals surface area contributed by atoms with E-state index in [0.29, 0.717) is 18.1 Å². The second-order valence-electron chi connectivity index (χ2n) is 10.0. The van der Waals surface area contributed by atoms with E-state index < -0.39 is 5.41 Å². The van der Waals surface area contributed by atoms with Crippen LogP contribution in [0.4, 0.5) is 11.8 Å².